The standard InChI is InChI=1S/C18H20F2N2OS/c1-11(2)15-9-4-6-12(3)16(15)22-18(24)21-13-7-5-8-14(10-13)23-17(19)20/h4-11,17H,1-3H3,(H2,21,22,24). The van der Waals surface area contributed by atoms with Crippen molar-refractivity contribution in [1.29, 1.82) is 0 Å². The molecule has 0 amide bonds. The monoisotopic (exact) mass is 350 g/mol. The highest BCUT2D eigenvalue weighted by Gasteiger charge is 2.11. The van der Waals surface area contributed by atoms with Crippen molar-refractivity contribution in [2.75, 3.05) is 10.6 Å². The summed E-state index contributed by atoms with van der Waals surface area (Å²) in [4.78, 5) is 0. The molecule has 0 aliphatic carbocycles. The van der Waals surface area contributed by atoms with Crippen molar-refractivity contribution in [2.24, 2.45) is 0 Å². The molecule has 128 valence electrons. The molecule has 0 saturated heterocycles. The summed E-state index contributed by atoms with van der Waals surface area (Å²) in [5, 5.41) is 6.58. The highest BCUT2D eigenvalue weighted by atomic mass is 32.1. The van der Waals surface area contributed by atoms with E-state index in [9.17, 15) is 8.78 Å². The fourth-order valence-corrected chi connectivity index (χ4v) is 2.59. The van der Waals surface area contributed by atoms with Gasteiger partial charge in [0.15, 0.2) is 5.11 Å². The Morgan fingerprint density at radius 2 is 1.79 bits per heavy atom. The lowest BCUT2D eigenvalue weighted by Gasteiger charge is -2.18. The van der Waals surface area contributed by atoms with Gasteiger partial charge in [-0.2, -0.15) is 8.78 Å². The Morgan fingerprint density at radius 3 is 2.46 bits per heavy atom. The second kappa shape index (κ2) is 8.06. The first-order valence-corrected chi connectivity index (χ1v) is 8.00. The first kappa shape index (κ1) is 18.1. The van der Waals surface area contributed by atoms with Crippen LogP contribution in [-0.4, -0.2) is 11.7 Å². The van der Waals surface area contributed by atoms with Crippen LogP contribution in [0.2, 0.25) is 0 Å². The molecule has 2 rings (SSSR count). The van der Waals surface area contributed by atoms with Gasteiger partial charge in [0.05, 0.1) is 0 Å². The van der Waals surface area contributed by atoms with E-state index >= 15 is 0 Å². The molecule has 0 unspecified atom stereocenters. The molecule has 0 radical (unpaired) electrons. The molecular weight excluding hydrogens is 330 g/mol. The summed E-state index contributed by atoms with van der Waals surface area (Å²) in [6.07, 6.45) is 0. The van der Waals surface area contributed by atoms with E-state index in [2.05, 4.69) is 35.3 Å². The number of benzene rings is 2. The molecule has 0 atom stereocenters. The Labute approximate surface area is 146 Å². The zero-order valence-electron chi connectivity index (χ0n) is 13.8. The number of alkyl halides is 2. The lowest BCUT2D eigenvalue weighted by atomic mass is 9.98. The SMILES string of the molecule is Cc1cccc(C(C)C)c1NC(=S)Nc1cccc(OC(F)F)c1. The van der Waals surface area contributed by atoms with Gasteiger partial charge in [0.2, 0.25) is 0 Å². The van der Waals surface area contributed by atoms with E-state index in [0.29, 0.717) is 16.7 Å². The topological polar surface area (TPSA) is 33.3 Å². The number of ether oxygens (including phenoxy) is 1. The molecule has 0 aromatic heterocycles. The largest absolute Gasteiger partial charge is 0.435 e. The highest BCUT2D eigenvalue weighted by molar-refractivity contribution is 7.80. The number of halogens is 2. The normalized spacial score (nSPS) is 10.8. The van der Waals surface area contributed by atoms with Crippen LogP contribution < -0.4 is 15.4 Å². The molecule has 2 aromatic carbocycles. The van der Waals surface area contributed by atoms with Gasteiger partial charge in [-0.15, -0.1) is 0 Å². The molecular formula is C18H20F2N2OS. The van der Waals surface area contributed by atoms with Crippen LogP contribution in [-0.2, 0) is 0 Å². The maximum atomic E-state index is 12.3. The van der Waals surface area contributed by atoms with Crippen molar-refractivity contribution in [3.63, 3.8) is 0 Å². The second-order valence-electron chi connectivity index (χ2n) is 5.68. The lowest BCUT2D eigenvalue weighted by Crippen LogP contribution is -2.21. The predicted molar refractivity (Wildman–Crippen MR) is 98.2 cm³/mol. The van der Waals surface area contributed by atoms with Crippen LogP contribution in [0.15, 0.2) is 42.5 Å². The number of rotatable bonds is 5. The van der Waals surface area contributed by atoms with Gasteiger partial charge in [-0.1, -0.05) is 38.1 Å². The third-order valence-corrected chi connectivity index (χ3v) is 3.69. The third-order valence-electron chi connectivity index (χ3n) is 3.48. The molecule has 2 aromatic rings. The number of hydrogen-bond acceptors (Lipinski definition) is 2. The molecule has 0 fully saturated rings. The molecule has 0 heterocycles. The maximum absolute atomic E-state index is 12.3. The Hall–Kier alpha value is -2.21. The van der Waals surface area contributed by atoms with Crippen LogP contribution in [0.25, 0.3) is 0 Å². The fraction of sp³-hybridized carbons (Fsp3) is 0.278. The van der Waals surface area contributed by atoms with E-state index < -0.39 is 6.61 Å². The first-order chi connectivity index (χ1) is 11.4. The highest BCUT2D eigenvalue weighted by Crippen LogP contribution is 2.27. The lowest BCUT2D eigenvalue weighted by molar-refractivity contribution is -0.0497. The summed E-state index contributed by atoms with van der Waals surface area (Å²) in [5.74, 6) is 0.425. The van der Waals surface area contributed by atoms with Gasteiger partial charge in [-0.25, -0.2) is 0 Å². The van der Waals surface area contributed by atoms with Crippen LogP contribution >= 0.6 is 12.2 Å². The minimum Gasteiger partial charge on any atom is -0.435 e. The van der Waals surface area contributed by atoms with E-state index in [1.165, 1.54) is 12.1 Å². The van der Waals surface area contributed by atoms with Crippen LogP contribution in [0.1, 0.15) is 30.9 Å². The molecule has 0 aliphatic heterocycles. The van der Waals surface area contributed by atoms with Gasteiger partial charge in [-0.3, -0.25) is 0 Å². The van der Waals surface area contributed by atoms with E-state index in [1.807, 2.05) is 19.1 Å². The van der Waals surface area contributed by atoms with Gasteiger partial charge < -0.3 is 15.4 Å². The number of para-hydroxylation sites is 1. The Bertz CT molecular complexity index is 720. The molecule has 6 heteroatoms. The third kappa shape index (κ3) is 4.89. The molecule has 0 bridgehead atoms. The maximum Gasteiger partial charge on any atom is 0.387 e. The summed E-state index contributed by atoms with van der Waals surface area (Å²) in [5.41, 5.74) is 3.78. The van der Waals surface area contributed by atoms with Crippen molar-refractivity contribution in [1.82, 2.24) is 0 Å². The van der Waals surface area contributed by atoms with Gasteiger partial charge in [-0.05, 0) is 48.3 Å². The van der Waals surface area contributed by atoms with Crippen LogP contribution in [0.4, 0.5) is 20.2 Å². The van der Waals surface area contributed by atoms with Crippen molar-refractivity contribution in [2.45, 2.75) is 33.3 Å². The van der Waals surface area contributed by atoms with E-state index in [-0.39, 0.29) is 5.75 Å². The van der Waals surface area contributed by atoms with Gasteiger partial charge in [0.1, 0.15) is 5.75 Å². The quantitative estimate of drug-likeness (QED) is 0.695. The average molecular weight is 350 g/mol. The second-order valence-corrected chi connectivity index (χ2v) is 6.09. The number of nitrogens with one attached hydrogen (secondary N) is 2. The molecule has 0 saturated carbocycles. The summed E-state index contributed by atoms with van der Waals surface area (Å²) >= 11 is 5.34. The number of anilines is 2. The van der Waals surface area contributed by atoms with E-state index in [4.69, 9.17) is 12.2 Å². The molecule has 0 aliphatic rings. The zero-order chi connectivity index (χ0) is 17.7. The first-order valence-electron chi connectivity index (χ1n) is 7.59. The van der Waals surface area contributed by atoms with Gasteiger partial charge >= 0.3 is 6.61 Å². The Balaban J connectivity index is 2.12. The summed E-state index contributed by atoms with van der Waals surface area (Å²) < 4.78 is 29.0. The smallest absolute Gasteiger partial charge is 0.387 e. The summed E-state index contributed by atoms with van der Waals surface area (Å²) in [6, 6.07) is 12.4. The molecule has 2 N–H and O–H groups in total. The zero-order valence-corrected chi connectivity index (χ0v) is 14.6. The van der Waals surface area contributed by atoms with Crippen molar-refractivity contribution < 1.29 is 13.5 Å². The van der Waals surface area contributed by atoms with Gasteiger partial charge in [0.25, 0.3) is 0 Å². The molecule has 24 heavy (non-hydrogen) atoms. The van der Waals surface area contributed by atoms with Crippen molar-refractivity contribution in [3.8, 4) is 5.75 Å². The van der Waals surface area contributed by atoms with E-state index in [0.717, 1.165) is 16.8 Å². The Kier molecular flexibility index (Phi) is 6.09. The van der Waals surface area contributed by atoms with Crippen molar-refractivity contribution >= 4 is 28.7 Å². The minimum atomic E-state index is -2.86. The number of hydrogen-bond donors (Lipinski definition) is 2. The van der Waals surface area contributed by atoms with Crippen LogP contribution in [0, 0.1) is 6.92 Å². The molecule has 0 spiro atoms. The predicted octanol–water partition coefficient (Wildman–Crippen LogP) is 5.53. The van der Waals surface area contributed by atoms with Crippen LogP contribution in [0.3, 0.4) is 0 Å². The number of thiocarbonyl (C=S) groups is 1. The molecule has 3 nitrogen and oxygen atoms in total. The average Bonchev–Trinajstić information content (AvgIpc) is 2.48. The van der Waals surface area contributed by atoms with Crippen molar-refractivity contribution in [3.05, 3.63) is 53.6 Å². The summed E-state index contributed by atoms with van der Waals surface area (Å²) in [7, 11) is 0. The Morgan fingerprint density at radius 1 is 1.08 bits per heavy atom. The van der Waals surface area contributed by atoms with Gasteiger partial charge in [0, 0.05) is 17.4 Å². The van der Waals surface area contributed by atoms with E-state index in [1.54, 1.807) is 12.1 Å². The minimum absolute atomic E-state index is 0.0801. The van der Waals surface area contributed by atoms with Crippen LogP contribution in [0.5, 0.6) is 5.75 Å². The number of aryl methyl sites for hydroxylation is 1. The fourth-order valence-electron chi connectivity index (χ4n) is 2.37. The summed E-state index contributed by atoms with van der Waals surface area (Å²) in [6.45, 7) is 3.38.